The Kier molecular flexibility index (Phi) is 7.01. The van der Waals surface area contributed by atoms with Crippen LogP contribution in [0.15, 0.2) is 48.5 Å². The number of benzene rings is 2. The van der Waals surface area contributed by atoms with Crippen molar-refractivity contribution in [3.05, 3.63) is 65.4 Å². The molecule has 0 saturated heterocycles. The predicted octanol–water partition coefficient (Wildman–Crippen LogP) is 5.57. The minimum absolute atomic E-state index is 0.0404. The van der Waals surface area contributed by atoms with E-state index >= 15 is 0 Å². The van der Waals surface area contributed by atoms with Gasteiger partial charge in [0.25, 0.3) is 0 Å². The van der Waals surface area contributed by atoms with Crippen molar-refractivity contribution in [2.75, 3.05) is 5.32 Å². The summed E-state index contributed by atoms with van der Waals surface area (Å²) in [5, 5.41) is 21.0. The van der Waals surface area contributed by atoms with Gasteiger partial charge in [0.05, 0.1) is 11.4 Å². The van der Waals surface area contributed by atoms with E-state index in [9.17, 15) is 14.7 Å². The number of hydrogen-bond donors (Lipinski definition) is 3. The van der Waals surface area contributed by atoms with Crippen molar-refractivity contribution in [3.8, 4) is 17.0 Å². The number of nitrogens with zero attached hydrogens (tertiary/aromatic N) is 2. The quantitative estimate of drug-likeness (QED) is 0.383. The minimum atomic E-state index is -0.300. The summed E-state index contributed by atoms with van der Waals surface area (Å²) in [5.74, 6) is 0.232. The van der Waals surface area contributed by atoms with Gasteiger partial charge >= 0.3 is 6.03 Å². The molecule has 1 saturated carbocycles. The molecule has 4 rings (SSSR count). The molecule has 3 N–H and O–H groups in total. The summed E-state index contributed by atoms with van der Waals surface area (Å²) in [4.78, 5) is 25.5. The Balaban J connectivity index is 1.56. The van der Waals surface area contributed by atoms with Gasteiger partial charge in [-0.2, -0.15) is 9.78 Å². The summed E-state index contributed by atoms with van der Waals surface area (Å²) in [7, 11) is 0. The SMILES string of the molecule is CCC(CC)C(=O)Nc1ccc(O)c(-c2cc(C3CC3)n(C(=O)NCc3ccc(C)cc3)n2)c1. The molecule has 178 valence electrons. The van der Waals surface area contributed by atoms with Crippen LogP contribution in [0.5, 0.6) is 5.75 Å². The summed E-state index contributed by atoms with van der Waals surface area (Å²) < 4.78 is 1.41. The number of amides is 2. The summed E-state index contributed by atoms with van der Waals surface area (Å²) in [6, 6.07) is 14.5. The van der Waals surface area contributed by atoms with Crippen molar-refractivity contribution in [2.45, 2.75) is 58.9 Å². The molecule has 0 bridgehead atoms. The van der Waals surface area contributed by atoms with Gasteiger partial charge in [-0.05, 0) is 62.4 Å². The Morgan fingerprint density at radius 2 is 1.79 bits per heavy atom. The lowest BCUT2D eigenvalue weighted by molar-refractivity contribution is -0.120. The maximum atomic E-state index is 13.0. The lowest BCUT2D eigenvalue weighted by Gasteiger charge is -2.13. The Labute approximate surface area is 200 Å². The lowest BCUT2D eigenvalue weighted by atomic mass is 10.0. The van der Waals surface area contributed by atoms with Crippen LogP contribution in [0.2, 0.25) is 0 Å². The van der Waals surface area contributed by atoms with Crippen molar-refractivity contribution in [1.82, 2.24) is 15.1 Å². The minimum Gasteiger partial charge on any atom is -0.507 e. The molecule has 7 heteroatoms. The fourth-order valence-corrected chi connectivity index (χ4v) is 4.04. The Morgan fingerprint density at radius 3 is 2.44 bits per heavy atom. The highest BCUT2D eigenvalue weighted by atomic mass is 16.3. The lowest BCUT2D eigenvalue weighted by Crippen LogP contribution is -2.30. The van der Waals surface area contributed by atoms with Crippen LogP contribution in [0.25, 0.3) is 11.3 Å². The standard InChI is InChI=1S/C27H32N4O3/c1-4-19(5-2)26(33)29-21-12-13-25(32)22(14-21)23-15-24(20-10-11-20)31(30-23)27(34)28-16-18-8-6-17(3)7-9-18/h6-9,12-15,19-20,32H,4-5,10-11,16H2,1-3H3,(H,28,34)(H,29,33). The molecular formula is C27H32N4O3. The van der Waals surface area contributed by atoms with E-state index in [2.05, 4.69) is 15.7 Å². The third-order valence-corrected chi connectivity index (χ3v) is 6.39. The fourth-order valence-electron chi connectivity index (χ4n) is 4.04. The number of nitrogens with one attached hydrogen (secondary N) is 2. The van der Waals surface area contributed by atoms with Crippen LogP contribution in [-0.2, 0) is 11.3 Å². The number of hydrogen-bond acceptors (Lipinski definition) is 4. The van der Waals surface area contributed by atoms with E-state index < -0.39 is 0 Å². The zero-order valence-electron chi connectivity index (χ0n) is 20.0. The van der Waals surface area contributed by atoms with Crippen LogP contribution in [0.3, 0.4) is 0 Å². The van der Waals surface area contributed by atoms with Gasteiger partial charge in [0.2, 0.25) is 5.91 Å². The molecular weight excluding hydrogens is 428 g/mol. The van der Waals surface area contributed by atoms with E-state index in [0.29, 0.717) is 23.5 Å². The molecule has 1 aliphatic carbocycles. The molecule has 2 amide bonds. The van der Waals surface area contributed by atoms with Crippen LogP contribution in [0.4, 0.5) is 10.5 Å². The molecule has 0 atom stereocenters. The average Bonchev–Trinajstić information content (AvgIpc) is 3.58. The average molecular weight is 461 g/mol. The predicted molar refractivity (Wildman–Crippen MR) is 133 cm³/mol. The Bertz CT molecular complexity index is 1180. The van der Waals surface area contributed by atoms with E-state index in [4.69, 9.17) is 0 Å². The maximum absolute atomic E-state index is 13.0. The smallest absolute Gasteiger partial charge is 0.342 e. The first-order chi connectivity index (χ1) is 16.4. The molecule has 7 nitrogen and oxygen atoms in total. The second-order valence-electron chi connectivity index (χ2n) is 9.02. The van der Waals surface area contributed by atoms with Crippen LogP contribution in [0, 0.1) is 12.8 Å². The molecule has 0 unspecified atom stereocenters. The first kappa shape index (κ1) is 23.5. The van der Waals surface area contributed by atoms with Crippen LogP contribution >= 0.6 is 0 Å². The number of rotatable bonds is 8. The maximum Gasteiger partial charge on any atom is 0.342 e. The largest absolute Gasteiger partial charge is 0.507 e. The van der Waals surface area contributed by atoms with E-state index in [1.165, 1.54) is 10.2 Å². The van der Waals surface area contributed by atoms with Gasteiger partial charge < -0.3 is 15.7 Å². The molecule has 3 aromatic rings. The highest BCUT2D eigenvalue weighted by molar-refractivity contribution is 5.93. The summed E-state index contributed by atoms with van der Waals surface area (Å²) in [6.07, 6.45) is 3.54. The van der Waals surface area contributed by atoms with Gasteiger partial charge in [-0.3, -0.25) is 4.79 Å². The number of aryl methyl sites for hydroxylation is 1. The van der Waals surface area contributed by atoms with E-state index in [-0.39, 0.29) is 29.5 Å². The van der Waals surface area contributed by atoms with Gasteiger partial charge in [0, 0.05) is 29.6 Å². The van der Waals surface area contributed by atoms with Crippen molar-refractivity contribution in [3.63, 3.8) is 0 Å². The van der Waals surface area contributed by atoms with E-state index in [1.807, 2.05) is 51.1 Å². The third-order valence-electron chi connectivity index (χ3n) is 6.39. The molecule has 0 spiro atoms. The van der Waals surface area contributed by atoms with Crippen molar-refractivity contribution < 1.29 is 14.7 Å². The van der Waals surface area contributed by atoms with Crippen LogP contribution in [-0.4, -0.2) is 26.8 Å². The molecule has 2 aromatic carbocycles. The Morgan fingerprint density at radius 1 is 1.09 bits per heavy atom. The number of aromatic hydroxyl groups is 1. The fraction of sp³-hybridized carbons (Fsp3) is 0.370. The first-order valence-electron chi connectivity index (χ1n) is 12.0. The van der Waals surface area contributed by atoms with Crippen LogP contribution in [0.1, 0.15) is 62.3 Å². The van der Waals surface area contributed by atoms with Gasteiger partial charge in [0.15, 0.2) is 0 Å². The molecule has 1 heterocycles. The topological polar surface area (TPSA) is 96.2 Å². The number of phenols is 1. The number of aromatic nitrogens is 2. The molecule has 0 aliphatic heterocycles. The van der Waals surface area contributed by atoms with Crippen molar-refractivity contribution in [2.24, 2.45) is 5.92 Å². The molecule has 0 radical (unpaired) electrons. The van der Waals surface area contributed by atoms with Gasteiger partial charge in [-0.25, -0.2) is 4.79 Å². The molecule has 1 aromatic heterocycles. The van der Waals surface area contributed by atoms with Crippen molar-refractivity contribution in [1.29, 1.82) is 0 Å². The summed E-state index contributed by atoms with van der Waals surface area (Å²) in [6.45, 7) is 6.41. The second-order valence-corrected chi connectivity index (χ2v) is 9.02. The number of phenolic OH excluding ortho intramolecular Hbond substituents is 1. The normalized spacial score (nSPS) is 13.2. The monoisotopic (exact) mass is 460 g/mol. The molecule has 34 heavy (non-hydrogen) atoms. The van der Waals surface area contributed by atoms with E-state index in [0.717, 1.165) is 36.9 Å². The Hall–Kier alpha value is -3.61. The number of carbonyl (C=O) groups is 2. The number of carbonyl (C=O) groups excluding carboxylic acids is 2. The third kappa shape index (κ3) is 5.30. The van der Waals surface area contributed by atoms with Gasteiger partial charge in [0.1, 0.15) is 5.75 Å². The van der Waals surface area contributed by atoms with E-state index in [1.54, 1.807) is 18.2 Å². The zero-order valence-corrected chi connectivity index (χ0v) is 20.0. The highest BCUT2D eigenvalue weighted by Crippen LogP contribution is 2.42. The number of anilines is 1. The highest BCUT2D eigenvalue weighted by Gasteiger charge is 2.31. The second kappa shape index (κ2) is 10.1. The van der Waals surface area contributed by atoms with Gasteiger partial charge in [-0.15, -0.1) is 0 Å². The molecule has 1 fully saturated rings. The zero-order chi connectivity index (χ0) is 24.2. The van der Waals surface area contributed by atoms with Gasteiger partial charge in [-0.1, -0.05) is 43.7 Å². The molecule has 1 aliphatic rings. The van der Waals surface area contributed by atoms with Crippen molar-refractivity contribution >= 4 is 17.6 Å². The summed E-state index contributed by atoms with van der Waals surface area (Å²) >= 11 is 0. The summed E-state index contributed by atoms with van der Waals surface area (Å²) in [5.41, 5.74) is 4.59. The van der Waals surface area contributed by atoms with Crippen LogP contribution < -0.4 is 10.6 Å². The first-order valence-corrected chi connectivity index (χ1v) is 12.0.